The van der Waals surface area contributed by atoms with Crippen LogP contribution in [0, 0.1) is 5.82 Å². The lowest BCUT2D eigenvalue weighted by molar-refractivity contribution is -0.152. The third-order valence-corrected chi connectivity index (χ3v) is 3.57. The van der Waals surface area contributed by atoms with Crippen molar-refractivity contribution in [3.63, 3.8) is 0 Å². The number of amides is 1. The van der Waals surface area contributed by atoms with E-state index in [9.17, 15) is 14.0 Å². The van der Waals surface area contributed by atoms with Crippen LogP contribution in [0.15, 0.2) is 48.5 Å². The number of ether oxygens (including phenoxy) is 1. The number of benzene rings is 2. The monoisotopic (exact) mass is 329 g/mol. The van der Waals surface area contributed by atoms with Crippen molar-refractivity contribution < 1.29 is 18.7 Å². The Kier molecular flexibility index (Phi) is 6.07. The van der Waals surface area contributed by atoms with Crippen LogP contribution in [0.3, 0.4) is 0 Å². The smallest absolute Gasteiger partial charge is 0.311 e. The summed E-state index contributed by atoms with van der Waals surface area (Å²) in [4.78, 5) is 23.9. The summed E-state index contributed by atoms with van der Waals surface area (Å²) >= 11 is 0. The van der Waals surface area contributed by atoms with Crippen molar-refractivity contribution in [2.45, 2.75) is 32.8 Å². The summed E-state index contributed by atoms with van der Waals surface area (Å²) in [6.45, 7) is 3.56. The molecule has 0 saturated carbocycles. The number of nitrogens with one attached hydrogen (secondary N) is 1. The highest BCUT2D eigenvalue weighted by atomic mass is 19.1. The summed E-state index contributed by atoms with van der Waals surface area (Å²) in [5, 5.41) is 2.70. The van der Waals surface area contributed by atoms with Gasteiger partial charge in [-0.05, 0) is 48.7 Å². The van der Waals surface area contributed by atoms with E-state index in [1.807, 2.05) is 24.3 Å². The first-order chi connectivity index (χ1) is 11.5. The van der Waals surface area contributed by atoms with Crippen LogP contribution in [-0.2, 0) is 27.2 Å². The molecule has 2 aromatic rings. The molecule has 0 aliphatic rings. The summed E-state index contributed by atoms with van der Waals surface area (Å²) in [5.74, 6) is -1.30. The predicted molar refractivity (Wildman–Crippen MR) is 90.1 cm³/mol. The number of aryl methyl sites for hydroxylation is 1. The topological polar surface area (TPSA) is 55.4 Å². The molecule has 0 fully saturated rings. The maximum Gasteiger partial charge on any atom is 0.311 e. The van der Waals surface area contributed by atoms with Crippen LogP contribution in [0.1, 0.15) is 25.0 Å². The summed E-state index contributed by atoms with van der Waals surface area (Å²) in [5.41, 5.74) is 2.45. The van der Waals surface area contributed by atoms with Crippen molar-refractivity contribution in [1.29, 1.82) is 0 Å². The largest absolute Gasteiger partial charge is 0.452 e. The van der Waals surface area contributed by atoms with Crippen molar-refractivity contribution in [2.24, 2.45) is 0 Å². The molecular weight excluding hydrogens is 309 g/mol. The lowest BCUT2D eigenvalue weighted by Crippen LogP contribution is -2.30. The Balaban J connectivity index is 1.85. The molecule has 0 unspecified atom stereocenters. The van der Waals surface area contributed by atoms with Gasteiger partial charge in [0, 0.05) is 5.69 Å². The minimum absolute atomic E-state index is 0.0108. The fourth-order valence-electron chi connectivity index (χ4n) is 2.13. The summed E-state index contributed by atoms with van der Waals surface area (Å²) in [6.07, 6.45) is -0.00171. The maximum atomic E-state index is 12.8. The van der Waals surface area contributed by atoms with Crippen molar-refractivity contribution in [1.82, 2.24) is 0 Å². The Morgan fingerprint density at radius 3 is 2.21 bits per heavy atom. The van der Waals surface area contributed by atoms with Crippen molar-refractivity contribution in [2.75, 3.05) is 5.32 Å². The van der Waals surface area contributed by atoms with Gasteiger partial charge in [0.25, 0.3) is 5.91 Å². The van der Waals surface area contributed by atoms with Crippen LogP contribution in [0.2, 0.25) is 0 Å². The van der Waals surface area contributed by atoms with Gasteiger partial charge in [-0.3, -0.25) is 9.59 Å². The molecule has 0 heterocycles. The van der Waals surface area contributed by atoms with Crippen molar-refractivity contribution in [3.05, 3.63) is 65.5 Å². The lowest BCUT2D eigenvalue weighted by atomic mass is 10.1. The number of carbonyl (C=O) groups excluding carboxylic acids is 2. The van der Waals surface area contributed by atoms with Gasteiger partial charge in [-0.1, -0.05) is 31.2 Å². The molecule has 0 aliphatic carbocycles. The number of hydrogen-bond acceptors (Lipinski definition) is 3. The molecule has 4 nitrogen and oxygen atoms in total. The molecule has 0 spiro atoms. The van der Waals surface area contributed by atoms with E-state index in [4.69, 9.17) is 4.74 Å². The number of esters is 1. The molecule has 0 bridgehead atoms. The minimum atomic E-state index is -0.913. The Morgan fingerprint density at radius 1 is 1.04 bits per heavy atom. The first-order valence-electron chi connectivity index (χ1n) is 7.81. The van der Waals surface area contributed by atoms with E-state index in [1.54, 1.807) is 0 Å². The van der Waals surface area contributed by atoms with Crippen molar-refractivity contribution >= 4 is 17.6 Å². The van der Waals surface area contributed by atoms with Gasteiger partial charge in [0.2, 0.25) is 0 Å². The molecule has 0 aliphatic heterocycles. The Labute approximate surface area is 140 Å². The molecule has 24 heavy (non-hydrogen) atoms. The summed E-state index contributed by atoms with van der Waals surface area (Å²) < 4.78 is 17.9. The van der Waals surface area contributed by atoms with Crippen LogP contribution in [-0.4, -0.2) is 18.0 Å². The van der Waals surface area contributed by atoms with E-state index in [-0.39, 0.29) is 12.2 Å². The van der Waals surface area contributed by atoms with E-state index in [1.165, 1.54) is 36.8 Å². The standard InChI is InChI=1S/C19H20FNO3/c1-3-14-6-10-17(11-7-14)21-19(23)13(2)24-18(22)12-15-4-8-16(20)9-5-15/h4-11,13H,3,12H2,1-2H3,(H,21,23)/t13-/m0/s1. The van der Waals surface area contributed by atoms with E-state index in [2.05, 4.69) is 12.2 Å². The molecular formula is C19H20FNO3. The van der Waals surface area contributed by atoms with Crippen LogP contribution in [0.4, 0.5) is 10.1 Å². The lowest BCUT2D eigenvalue weighted by Gasteiger charge is -2.14. The maximum absolute atomic E-state index is 12.8. The molecule has 1 N–H and O–H groups in total. The zero-order chi connectivity index (χ0) is 17.5. The fourth-order valence-corrected chi connectivity index (χ4v) is 2.13. The van der Waals surface area contributed by atoms with E-state index < -0.39 is 18.0 Å². The number of anilines is 1. The molecule has 2 aromatic carbocycles. The molecule has 0 radical (unpaired) electrons. The second-order valence-electron chi connectivity index (χ2n) is 5.48. The highest BCUT2D eigenvalue weighted by Crippen LogP contribution is 2.11. The molecule has 0 aromatic heterocycles. The van der Waals surface area contributed by atoms with Crippen LogP contribution < -0.4 is 5.32 Å². The first kappa shape index (κ1) is 17.7. The Bertz CT molecular complexity index is 696. The molecule has 126 valence electrons. The number of carbonyl (C=O) groups is 2. The van der Waals surface area contributed by atoms with Crippen LogP contribution >= 0.6 is 0 Å². The molecule has 0 saturated heterocycles. The molecule has 1 amide bonds. The highest BCUT2D eigenvalue weighted by molar-refractivity contribution is 5.95. The second-order valence-corrected chi connectivity index (χ2v) is 5.48. The van der Waals surface area contributed by atoms with Crippen LogP contribution in [0.25, 0.3) is 0 Å². The van der Waals surface area contributed by atoms with E-state index in [0.717, 1.165) is 6.42 Å². The second kappa shape index (κ2) is 8.24. The van der Waals surface area contributed by atoms with Crippen LogP contribution in [0.5, 0.6) is 0 Å². The van der Waals surface area contributed by atoms with E-state index >= 15 is 0 Å². The van der Waals surface area contributed by atoms with E-state index in [0.29, 0.717) is 11.3 Å². The zero-order valence-corrected chi connectivity index (χ0v) is 13.7. The average Bonchev–Trinajstić information content (AvgIpc) is 2.57. The van der Waals surface area contributed by atoms with Crippen molar-refractivity contribution in [3.8, 4) is 0 Å². The van der Waals surface area contributed by atoms with Gasteiger partial charge in [0.15, 0.2) is 6.10 Å². The van der Waals surface area contributed by atoms with Gasteiger partial charge >= 0.3 is 5.97 Å². The highest BCUT2D eigenvalue weighted by Gasteiger charge is 2.18. The quantitative estimate of drug-likeness (QED) is 0.825. The molecule has 1 atom stereocenters. The average molecular weight is 329 g/mol. The molecule has 2 rings (SSSR count). The SMILES string of the molecule is CCc1ccc(NC(=O)[C@H](C)OC(=O)Cc2ccc(F)cc2)cc1. The minimum Gasteiger partial charge on any atom is -0.452 e. The zero-order valence-electron chi connectivity index (χ0n) is 13.7. The van der Waals surface area contributed by atoms with Gasteiger partial charge in [0.1, 0.15) is 5.82 Å². The third-order valence-electron chi connectivity index (χ3n) is 3.57. The number of hydrogen-bond donors (Lipinski definition) is 1. The Morgan fingerprint density at radius 2 is 1.62 bits per heavy atom. The van der Waals surface area contributed by atoms with Gasteiger partial charge in [-0.15, -0.1) is 0 Å². The fraction of sp³-hybridized carbons (Fsp3) is 0.263. The number of rotatable bonds is 6. The van der Waals surface area contributed by atoms with Gasteiger partial charge in [-0.2, -0.15) is 0 Å². The summed E-state index contributed by atoms with van der Waals surface area (Å²) in [6, 6.07) is 13.1. The van der Waals surface area contributed by atoms with Gasteiger partial charge in [-0.25, -0.2) is 4.39 Å². The van der Waals surface area contributed by atoms with Gasteiger partial charge in [0.05, 0.1) is 6.42 Å². The predicted octanol–water partition coefficient (Wildman–Crippen LogP) is 3.50. The Hall–Kier alpha value is -2.69. The normalized spacial score (nSPS) is 11.6. The van der Waals surface area contributed by atoms with Gasteiger partial charge < -0.3 is 10.1 Å². The first-order valence-corrected chi connectivity index (χ1v) is 7.81. The third kappa shape index (κ3) is 5.19. The number of halogens is 1. The summed E-state index contributed by atoms with van der Waals surface area (Å²) in [7, 11) is 0. The molecule has 5 heteroatoms.